The Balaban J connectivity index is 2.40. The van der Waals surface area contributed by atoms with Crippen molar-refractivity contribution in [1.82, 2.24) is 10.7 Å². The summed E-state index contributed by atoms with van der Waals surface area (Å²) in [6.45, 7) is 3.67. The van der Waals surface area contributed by atoms with Crippen LogP contribution in [0.5, 0.6) is 0 Å². The number of nitroso groups, excluding NO2 is 1. The fourth-order valence-corrected chi connectivity index (χ4v) is 5.64. The number of primary amides is 1. The van der Waals surface area contributed by atoms with Crippen LogP contribution < -0.4 is 27.9 Å². The van der Waals surface area contributed by atoms with Crippen LogP contribution in [0.3, 0.4) is 0 Å². The summed E-state index contributed by atoms with van der Waals surface area (Å²) in [7, 11) is 0. The second kappa shape index (κ2) is 12.1. The molecule has 0 fully saturated rings. The maximum absolute atomic E-state index is 13.6. The minimum atomic E-state index is -1.95. The number of nitrogens with one attached hydrogen (secondary N) is 2. The third-order valence-electron chi connectivity index (χ3n) is 5.25. The number of nitrogens with two attached hydrogens (primary N) is 3. The summed E-state index contributed by atoms with van der Waals surface area (Å²) in [5.41, 5.74) is 17.2. The molecule has 1 aromatic carbocycles. The zero-order valence-corrected chi connectivity index (χ0v) is 20.7. The van der Waals surface area contributed by atoms with Gasteiger partial charge in [-0.25, -0.2) is 5.43 Å². The maximum Gasteiger partial charge on any atom is 0.258 e. The van der Waals surface area contributed by atoms with Gasteiger partial charge in [0.25, 0.3) is 5.91 Å². The Labute approximate surface area is 206 Å². The van der Waals surface area contributed by atoms with Crippen molar-refractivity contribution in [3.63, 3.8) is 0 Å². The number of nitrogens with zero attached hydrogens (tertiary/aromatic N) is 1. The van der Waals surface area contributed by atoms with Gasteiger partial charge in [-0.2, -0.15) is 0 Å². The fourth-order valence-electron chi connectivity index (χ4n) is 3.59. The summed E-state index contributed by atoms with van der Waals surface area (Å²) in [4.78, 5) is 49.5. The highest BCUT2D eigenvalue weighted by Crippen LogP contribution is 2.32. The molecule has 3 atom stereocenters. The van der Waals surface area contributed by atoms with Gasteiger partial charge in [-0.15, -0.1) is 28.0 Å². The van der Waals surface area contributed by atoms with Crippen LogP contribution in [-0.2, 0) is 20.8 Å². The molecule has 1 unspecified atom stereocenters. The van der Waals surface area contributed by atoms with Crippen molar-refractivity contribution in [3.05, 3.63) is 58.3 Å². The maximum atomic E-state index is 13.6. The molecule has 0 aliphatic carbocycles. The highest BCUT2D eigenvalue weighted by Gasteiger charge is 2.49. The van der Waals surface area contributed by atoms with Crippen LogP contribution in [0.2, 0.25) is 0 Å². The van der Waals surface area contributed by atoms with E-state index in [9.17, 15) is 19.3 Å². The van der Waals surface area contributed by atoms with Crippen molar-refractivity contribution in [1.29, 1.82) is 0 Å². The van der Waals surface area contributed by atoms with Crippen LogP contribution >= 0.6 is 23.1 Å². The summed E-state index contributed by atoms with van der Waals surface area (Å²) in [5, 5.41) is 6.85. The van der Waals surface area contributed by atoms with Crippen LogP contribution in [0.15, 0.2) is 57.3 Å². The first-order valence-corrected chi connectivity index (χ1v) is 12.4. The number of amides is 3. The van der Waals surface area contributed by atoms with Gasteiger partial charge in [0, 0.05) is 12.2 Å². The van der Waals surface area contributed by atoms with E-state index >= 15 is 0 Å². The first-order valence-electron chi connectivity index (χ1n) is 10.5. The molecular formula is C22H30N6O4S2. The topological polar surface area (TPSA) is 183 Å². The number of carbonyl (C=O) groups excluding carboxylic acids is 3. The second-order valence-corrected chi connectivity index (χ2v) is 10.7. The molecule has 0 saturated carbocycles. The lowest BCUT2D eigenvalue weighted by Gasteiger charge is -2.39. The molecule has 0 radical (unpaired) electrons. The van der Waals surface area contributed by atoms with Crippen molar-refractivity contribution in [2.75, 3.05) is 5.75 Å². The molecule has 34 heavy (non-hydrogen) atoms. The minimum Gasteiger partial charge on any atom is -0.366 e. The van der Waals surface area contributed by atoms with Gasteiger partial charge in [0.1, 0.15) is 5.54 Å². The zero-order chi connectivity index (χ0) is 25.4. The average Bonchev–Trinajstić information content (AvgIpc) is 3.27. The first-order chi connectivity index (χ1) is 16.0. The summed E-state index contributed by atoms with van der Waals surface area (Å²) in [5.74, 6) is -3.77. The minimum absolute atomic E-state index is 0.0704. The summed E-state index contributed by atoms with van der Waals surface area (Å²) in [6.07, 6.45) is -0.00959. The number of rotatable bonds is 13. The Kier molecular flexibility index (Phi) is 9.74. The van der Waals surface area contributed by atoms with Gasteiger partial charge in [-0.1, -0.05) is 50.2 Å². The van der Waals surface area contributed by atoms with Crippen LogP contribution in [0.1, 0.15) is 25.8 Å². The number of carbonyl (C=O) groups is 3. The van der Waals surface area contributed by atoms with E-state index in [0.29, 0.717) is 5.56 Å². The lowest BCUT2D eigenvalue weighted by Crippen LogP contribution is -2.72. The van der Waals surface area contributed by atoms with Crippen LogP contribution in [0.4, 0.5) is 0 Å². The molecule has 0 aliphatic heterocycles. The molecule has 1 heterocycles. The van der Waals surface area contributed by atoms with Gasteiger partial charge in [0.2, 0.25) is 11.8 Å². The van der Waals surface area contributed by atoms with Crippen LogP contribution in [0, 0.1) is 16.7 Å². The molecule has 0 spiro atoms. The Bertz CT molecular complexity index is 989. The van der Waals surface area contributed by atoms with Gasteiger partial charge < -0.3 is 22.5 Å². The Morgan fingerprint density at radius 2 is 1.79 bits per heavy atom. The highest BCUT2D eigenvalue weighted by atomic mass is 32.2. The van der Waals surface area contributed by atoms with E-state index in [1.807, 2.05) is 36.8 Å². The molecule has 1 aromatic heterocycles. The van der Waals surface area contributed by atoms with E-state index in [0.717, 1.165) is 4.21 Å². The Morgan fingerprint density at radius 3 is 2.32 bits per heavy atom. The van der Waals surface area contributed by atoms with Gasteiger partial charge in [0.15, 0.2) is 5.66 Å². The van der Waals surface area contributed by atoms with E-state index in [1.54, 1.807) is 30.3 Å². The number of thioether (sulfide) groups is 1. The van der Waals surface area contributed by atoms with Crippen molar-refractivity contribution >= 4 is 40.8 Å². The molecule has 8 N–H and O–H groups in total. The van der Waals surface area contributed by atoms with Crippen LogP contribution in [-0.4, -0.2) is 34.7 Å². The van der Waals surface area contributed by atoms with Crippen molar-refractivity contribution in [2.24, 2.45) is 34.3 Å². The predicted octanol–water partition coefficient (Wildman–Crippen LogP) is 1.50. The van der Waals surface area contributed by atoms with Crippen LogP contribution in [0.25, 0.3) is 0 Å². The van der Waals surface area contributed by atoms with Gasteiger partial charge >= 0.3 is 0 Å². The zero-order valence-electron chi connectivity index (χ0n) is 19.0. The summed E-state index contributed by atoms with van der Waals surface area (Å²) in [6, 6.07) is 12.5. The molecular weight excluding hydrogens is 476 g/mol. The number of hydrogen-bond acceptors (Lipinski definition) is 9. The third kappa shape index (κ3) is 7.10. The molecule has 2 rings (SSSR count). The average molecular weight is 507 g/mol. The normalized spacial score (nSPS) is 15.6. The second-order valence-electron chi connectivity index (χ2n) is 8.45. The highest BCUT2D eigenvalue weighted by molar-refractivity contribution is 8.01. The Morgan fingerprint density at radius 1 is 1.12 bits per heavy atom. The molecule has 0 aliphatic rings. The molecule has 0 saturated heterocycles. The molecule has 10 nitrogen and oxygen atoms in total. The predicted molar refractivity (Wildman–Crippen MR) is 133 cm³/mol. The molecule has 184 valence electrons. The number of thiophene rings is 1. The fraction of sp³-hybridized carbons (Fsp3) is 0.409. The quantitative estimate of drug-likeness (QED) is 0.118. The third-order valence-corrected chi connectivity index (χ3v) is 7.48. The van der Waals surface area contributed by atoms with Gasteiger partial charge in [-0.3, -0.25) is 14.4 Å². The van der Waals surface area contributed by atoms with E-state index in [-0.39, 0.29) is 24.5 Å². The van der Waals surface area contributed by atoms with E-state index in [1.165, 1.54) is 23.1 Å². The summed E-state index contributed by atoms with van der Waals surface area (Å²) >= 11 is 2.78. The lowest BCUT2D eigenvalue weighted by molar-refractivity contribution is -0.140. The molecule has 3 amide bonds. The SMILES string of the molecule is CC(C)C[C@@](N)(C(=O)N[C@@](N)(Cc1ccccc1)C(N)=O)C(CSc1cccs1)C(=O)NN=O. The standard InChI is InChI=1S/C22H30N6O4S2/c1-14(2)11-21(24,16(18(29)27-28-32)13-34-17-9-6-10-33-17)20(31)26-22(25,19(23)30)12-15-7-4-3-5-8-15/h3-10,14,16H,11-13,24-25H2,1-2H3,(H2,23,30)(H,26,31)(H,27,29,32)/t16?,21-,22-/m0/s1. The lowest BCUT2D eigenvalue weighted by atomic mass is 9.77. The van der Waals surface area contributed by atoms with E-state index in [2.05, 4.69) is 10.6 Å². The van der Waals surface area contributed by atoms with E-state index < -0.39 is 34.8 Å². The largest absolute Gasteiger partial charge is 0.366 e. The van der Waals surface area contributed by atoms with Gasteiger partial charge in [0.05, 0.1) is 15.4 Å². The molecule has 12 heteroatoms. The van der Waals surface area contributed by atoms with Gasteiger partial charge in [-0.05, 0) is 29.3 Å². The summed E-state index contributed by atoms with van der Waals surface area (Å²) < 4.78 is 0.901. The van der Waals surface area contributed by atoms with Crippen molar-refractivity contribution < 1.29 is 14.4 Å². The number of benzene rings is 1. The van der Waals surface area contributed by atoms with Crippen molar-refractivity contribution in [2.45, 2.75) is 42.1 Å². The molecule has 2 aromatic rings. The number of hydrogen-bond donors (Lipinski definition) is 5. The first kappa shape index (κ1) is 27.4. The monoisotopic (exact) mass is 506 g/mol. The van der Waals surface area contributed by atoms with E-state index in [4.69, 9.17) is 17.2 Å². The Hall–Kier alpha value is -2.80. The van der Waals surface area contributed by atoms with Crippen molar-refractivity contribution in [3.8, 4) is 0 Å². The smallest absolute Gasteiger partial charge is 0.258 e. The molecule has 0 bridgehead atoms.